The highest BCUT2D eigenvalue weighted by molar-refractivity contribution is 5.67. The van der Waals surface area contributed by atoms with Crippen molar-refractivity contribution in [3.8, 4) is 0 Å². The van der Waals surface area contributed by atoms with Crippen molar-refractivity contribution in [1.29, 1.82) is 0 Å². The highest BCUT2D eigenvalue weighted by Crippen LogP contribution is 2.23. The van der Waals surface area contributed by atoms with Gasteiger partial charge in [-0.25, -0.2) is 4.39 Å². The highest BCUT2D eigenvalue weighted by Gasteiger charge is 2.06. The van der Waals surface area contributed by atoms with Crippen molar-refractivity contribution in [2.45, 2.75) is 6.42 Å². The molecule has 1 heterocycles. The fourth-order valence-electron chi connectivity index (χ4n) is 1.81. The predicted octanol–water partition coefficient (Wildman–Crippen LogP) is 2.48. The van der Waals surface area contributed by atoms with Crippen molar-refractivity contribution >= 4 is 11.4 Å². The Bertz CT molecular complexity index is 514. The molecule has 2 aromatic rings. The van der Waals surface area contributed by atoms with E-state index in [9.17, 15) is 4.39 Å². The Morgan fingerprint density at radius 2 is 1.94 bits per heavy atom. The van der Waals surface area contributed by atoms with Gasteiger partial charge in [0.2, 0.25) is 0 Å². The standard InChI is InChI=1S/C14H16FN3/c1-18(9-6-11-4-7-17-8-5-11)14-10-12(15)2-3-13(14)16/h2-5,7-8,10H,6,9,16H2,1H3. The zero-order valence-corrected chi connectivity index (χ0v) is 10.3. The molecule has 0 unspecified atom stereocenters. The van der Waals surface area contributed by atoms with Crippen LogP contribution < -0.4 is 10.6 Å². The normalized spacial score (nSPS) is 10.3. The molecule has 18 heavy (non-hydrogen) atoms. The van der Waals surface area contributed by atoms with Crippen LogP contribution in [0, 0.1) is 5.82 Å². The third kappa shape index (κ3) is 2.97. The lowest BCUT2D eigenvalue weighted by Gasteiger charge is -2.21. The van der Waals surface area contributed by atoms with Crippen LogP contribution in [0.2, 0.25) is 0 Å². The summed E-state index contributed by atoms with van der Waals surface area (Å²) < 4.78 is 13.2. The third-order valence-electron chi connectivity index (χ3n) is 2.89. The zero-order valence-electron chi connectivity index (χ0n) is 10.3. The van der Waals surface area contributed by atoms with Gasteiger partial charge in [0.1, 0.15) is 5.82 Å². The summed E-state index contributed by atoms with van der Waals surface area (Å²) in [5.41, 5.74) is 8.36. The number of hydrogen-bond acceptors (Lipinski definition) is 3. The Hall–Kier alpha value is -2.10. The second-order valence-electron chi connectivity index (χ2n) is 4.23. The minimum absolute atomic E-state index is 0.269. The van der Waals surface area contributed by atoms with Crippen LogP contribution in [0.4, 0.5) is 15.8 Å². The fraction of sp³-hybridized carbons (Fsp3) is 0.214. The van der Waals surface area contributed by atoms with Gasteiger partial charge in [0, 0.05) is 26.0 Å². The molecular weight excluding hydrogens is 229 g/mol. The zero-order chi connectivity index (χ0) is 13.0. The van der Waals surface area contributed by atoms with Crippen molar-refractivity contribution in [2.24, 2.45) is 0 Å². The Balaban J connectivity index is 2.03. The van der Waals surface area contributed by atoms with E-state index in [0.29, 0.717) is 5.69 Å². The molecule has 2 rings (SSSR count). The summed E-state index contributed by atoms with van der Waals surface area (Å²) in [6, 6.07) is 8.37. The van der Waals surface area contributed by atoms with E-state index in [0.717, 1.165) is 18.7 Å². The molecule has 0 saturated carbocycles. The maximum atomic E-state index is 13.2. The van der Waals surface area contributed by atoms with Crippen LogP contribution in [0.5, 0.6) is 0 Å². The maximum absolute atomic E-state index is 13.2. The molecule has 0 spiro atoms. The van der Waals surface area contributed by atoms with E-state index < -0.39 is 0 Å². The van der Waals surface area contributed by atoms with Gasteiger partial charge in [0.15, 0.2) is 0 Å². The lowest BCUT2D eigenvalue weighted by Crippen LogP contribution is -2.21. The number of anilines is 2. The minimum Gasteiger partial charge on any atom is -0.397 e. The van der Waals surface area contributed by atoms with Crippen LogP contribution in [-0.4, -0.2) is 18.6 Å². The van der Waals surface area contributed by atoms with Crippen LogP contribution in [0.25, 0.3) is 0 Å². The molecule has 0 fully saturated rings. The molecule has 1 aromatic heterocycles. The van der Waals surface area contributed by atoms with Crippen LogP contribution in [0.3, 0.4) is 0 Å². The monoisotopic (exact) mass is 245 g/mol. The molecule has 94 valence electrons. The Morgan fingerprint density at radius 3 is 2.67 bits per heavy atom. The molecule has 0 amide bonds. The predicted molar refractivity (Wildman–Crippen MR) is 72.0 cm³/mol. The van der Waals surface area contributed by atoms with Crippen LogP contribution in [0.1, 0.15) is 5.56 Å². The summed E-state index contributed by atoms with van der Waals surface area (Å²) in [5, 5.41) is 0. The van der Waals surface area contributed by atoms with Crippen molar-refractivity contribution < 1.29 is 4.39 Å². The number of likely N-dealkylation sites (N-methyl/N-ethyl adjacent to an activating group) is 1. The molecule has 0 atom stereocenters. The van der Waals surface area contributed by atoms with Crippen molar-refractivity contribution in [2.75, 3.05) is 24.2 Å². The molecule has 0 aliphatic carbocycles. The lowest BCUT2D eigenvalue weighted by atomic mass is 10.2. The van der Waals surface area contributed by atoms with Crippen molar-refractivity contribution in [3.05, 3.63) is 54.1 Å². The van der Waals surface area contributed by atoms with E-state index in [4.69, 9.17) is 5.73 Å². The summed E-state index contributed by atoms with van der Waals surface area (Å²) in [5.74, 6) is -0.269. The van der Waals surface area contributed by atoms with Gasteiger partial charge >= 0.3 is 0 Å². The van der Waals surface area contributed by atoms with Gasteiger partial charge < -0.3 is 10.6 Å². The number of nitrogens with two attached hydrogens (primary N) is 1. The Morgan fingerprint density at radius 1 is 1.22 bits per heavy atom. The second-order valence-corrected chi connectivity index (χ2v) is 4.23. The topological polar surface area (TPSA) is 42.2 Å². The number of aromatic nitrogens is 1. The van der Waals surface area contributed by atoms with E-state index in [1.54, 1.807) is 18.5 Å². The van der Waals surface area contributed by atoms with Gasteiger partial charge in [-0.15, -0.1) is 0 Å². The number of nitrogens with zero attached hydrogens (tertiary/aromatic N) is 2. The van der Waals surface area contributed by atoms with Gasteiger partial charge in [0.05, 0.1) is 11.4 Å². The first-order chi connectivity index (χ1) is 8.66. The molecule has 4 heteroatoms. The highest BCUT2D eigenvalue weighted by atomic mass is 19.1. The van der Waals surface area contributed by atoms with Gasteiger partial charge in [-0.3, -0.25) is 4.98 Å². The molecule has 3 nitrogen and oxygen atoms in total. The average molecular weight is 245 g/mol. The Kier molecular flexibility index (Phi) is 3.77. The number of hydrogen-bond donors (Lipinski definition) is 1. The fourth-order valence-corrected chi connectivity index (χ4v) is 1.81. The molecule has 1 aromatic carbocycles. The summed E-state index contributed by atoms with van der Waals surface area (Å²) in [7, 11) is 1.91. The summed E-state index contributed by atoms with van der Waals surface area (Å²) in [4.78, 5) is 5.93. The SMILES string of the molecule is CN(CCc1ccncc1)c1cc(F)ccc1N. The number of pyridine rings is 1. The van der Waals surface area contributed by atoms with E-state index >= 15 is 0 Å². The summed E-state index contributed by atoms with van der Waals surface area (Å²) in [6.45, 7) is 0.775. The number of halogens is 1. The van der Waals surface area contributed by atoms with Crippen LogP contribution >= 0.6 is 0 Å². The van der Waals surface area contributed by atoms with Gasteiger partial charge in [-0.2, -0.15) is 0 Å². The third-order valence-corrected chi connectivity index (χ3v) is 2.89. The van der Waals surface area contributed by atoms with Crippen molar-refractivity contribution in [3.63, 3.8) is 0 Å². The summed E-state index contributed by atoms with van der Waals surface area (Å²) >= 11 is 0. The van der Waals surface area contributed by atoms with Crippen molar-refractivity contribution in [1.82, 2.24) is 4.98 Å². The second kappa shape index (κ2) is 5.49. The van der Waals surface area contributed by atoms with E-state index in [1.807, 2.05) is 24.1 Å². The molecule has 0 aliphatic rings. The van der Waals surface area contributed by atoms with E-state index in [1.165, 1.54) is 17.7 Å². The molecule has 0 aliphatic heterocycles. The first kappa shape index (κ1) is 12.4. The number of nitrogen functional groups attached to an aromatic ring is 1. The molecular formula is C14H16FN3. The Labute approximate surface area is 106 Å². The van der Waals surface area contributed by atoms with Gasteiger partial charge in [0.25, 0.3) is 0 Å². The van der Waals surface area contributed by atoms with E-state index in [2.05, 4.69) is 4.98 Å². The smallest absolute Gasteiger partial charge is 0.125 e. The average Bonchev–Trinajstić information content (AvgIpc) is 2.40. The maximum Gasteiger partial charge on any atom is 0.125 e. The summed E-state index contributed by atoms with van der Waals surface area (Å²) in [6.07, 6.45) is 4.41. The largest absolute Gasteiger partial charge is 0.397 e. The quantitative estimate of drug-likeness (QED) is 0.841. The molecule has 0 radical (unpaired) electrons. The molecule has 0 bridgehead atoms. The molecule has 2 N–H and O–H groups in total. The van der Waals surface area contributed by atoms with Crippen LogP contribution in [-0.2, 0) is 6.42 Å². The number of benzene rings is 1. The molecule has 0 saturated heterocycles. The van der Waals surface area contributed by atoms with E-state index in [-0.39, 0.29) is 5.82 Å². The first-order valence-electron chi connectivity index (χ1n) is 5.82. The number of rotatable bonds is 4. The lowest BCUT2D eigenvalue weighted by molar-refractivity contribution is 0.627. The van der Waals surface area contributed by atoms with Gasteiger partial charge in [-0.05, 0) is 42.3 Å². The minimum atomic E-state index is -0.269. The van der Waals surface area contributed by atoms with Gasteiger partial charge in [-0.1, -0.05) is 0 Å². The first-order valence-corrected chi connectivity index (χ1v) is 5.82. The van der Waals surface area contributed by atoms with Crippen LogP contribution in [0.15, 0.2) is 42.7 Å².